The number of rotatable bonds is 3. The third-order valence-corrected chi connectivity index (χ3v) is 5.57. The molecule has 110 valence electrons. The van der Waals surface area contributed by atoms with Crippen LogP contribution < -0.4 is 5.76 Å². The Labute approximate surface area is 131 Å². The van der Waals surface area contributed by atoms with Gasteiger partial charge < -0.3 is 4.42 Å². The van der Waals surface area contributed by atoms with Gasteiger partial charge in [0.1, 0.15) is 0 Å². The number of hydrogen-bond donors (Lipinski definition) is 0. The van der Waals surface area contributed by atoms with Crippen molar-refractivity contribution in [3.05, 3.63) is 55.7 Å². The maximum absolute atomic E-state index is 11.7. The molecule has 21 heavy (non-hydrogen) atoms. The van der Waals surface area contributed by atoms with Gasteiger partial charge in [0.2, 0.25) is 0 Å². The second kappa shape index (κ2) is 5.35. The number of hydrogen-bond acceptors (Lipinski definition) is 3. The fourth-order valence-electron chi connectivity index (χ4n) is 2.43. The lowest BCUT2D eigenvalue weighted by Gasteiger charge is -2.07. The first-order chi connectivity index (χ1) is 10.0. The topological polar surface area (TPSA) is 35.1 Å². The Balaban J connectivity index is 2.06. The molecule has 0 aliphatic carbocycles. The van der Waals surface area contributed by atoms with Crippen molar-refractivity contribution in [2.45, 2.75) is 32.7 Å². The van der Waals surface area contributed by atoms with E-state index in [4.69, 9.17) is 16.0 Å². The maximum atomic E-state index is 11.7. The van der Waals surface area contributed by atoms with Crippen LogP contribution >= 0.6 is 22.9 Å². The molecular formula is C16H16ClNO2S. The summed E-state index contributed by atoms with van der Waals surface area (Å²) in [6.07, 6.45) is 0. The summed E-state index contributed by atoms with van der Waals surface area (Å²) in [5, 5.41) is -0.220. The predicted molar refractivity (Wildman–Crippen MR) is 87.6 cm³/mol. The standard InChI is InChI=1S/C16H16ClNO2S/c1-4-18-12-6-5-11(8-13(12)20-16(18)19)15(17)14-7-9(2)10(3)21-14/h5-8,15H,4H2,1-3H3. The number of benzene rings is 1. The molecule has 0 aliphatic heterocycles. The average Bonchev–Trinajstić information content (AvgIpc) is 2.96. The molecule has 0 amide bonds. The molecule has 0 bridgehead atoms. The molecule has 0 radical (unpaired) electrons. The fraction of sp³-hybridized carbons (Fsp3) is 0.312. The number of thiophene rings is 1. The highest BCUT2D eigenvalue weighted by molar-refractivity contribution is 7.12. The quantitative estimate of drug-likeness (QED) is 0.660. The lowest BCUT2D eigenvalue weighted by molar-refractivity contribution is 0.513. The highest BCUT2D eigenvalue weighted by Gasteiger charge is 2.17. The molecule has 0 spiro atoms. The Morgan fingerprint density at radius 3 is 2.71 bits per heavy atom. The van der Waals surface area contributed by atoms with Crippen LogP contribution in [0.2, 0.25) is 0 Å². The van der Waals surface area contributed by atoms with E-state index in [-0.39, 0.29) is 11.1 Å². The summed E-state index contributed by atoms with van der Waals surface area (Å²) in [5.41, 5.74) is 3.61. The molecule has 0 N–H and O–H groups in total. The average molecular weight is 322 g/mol. The number of fused-ring (bicyclic) bond motifs is 1. The second-order valence-electron chi connectivity index (χ2n) is 5.09. The molecule has 5 heteroatoms. The van der Waals surface area contributed by atoms with Crippen LogP contribution in [-0.2, 0) is 6.54 Å². The van der Waals surface area contributed by atoms with Gasteiger partial charge in [0.05, 0.1) is 10.9 Å². The highest BCUT2D eigenvalue weighted by atomic mass is 35.5. The molecule has 1 atom stereocenters. The van der Waals surface area contributed by atoms with Crippen LogP contribution in [-0.4, -0.2) is 4.57 Å². The second-order valence-corrected chi connectivity index (χ2v) is 6.81. The van der Waals surface area contributed by atoms with Crippen LogP contribution in [0.15, 0.2) is 33.5 Å². The maximum Gasteiger partial charge on any atom is 0.419 e. The molecule has 2 heterocycles. The molecule has 1 aromatic carbocycles. The van der Waals surface area contributed by atoms with Crippen molar-refractivity contribution < 1.29 is 4.42 Å². The molecule has 0 fully saturated rings. The van der Waals surface area contributed by atoms with Gasteiger partial charge in [-0.3, -0.25) is 4.57 Å². The van der Waals surface area contributed by atoms with Crippen LogP contribution in [0.25, 0.3) is 11.1 Å². The monoisotopic (exact) mass is 321 g/mol. The normalized spacial score (nSPS) is 13.0. The number of nitrogens with zero attached hydrogens (tertiary/aromatic N) is 1. The number of oxazole rings is 1. The molecule has 3 aromatic rings. The zero-order valence-corrected chi connectivity index (χ0v) is 13.7. The van der Waals surface area contributed by atoms with E-state index >= 15 is 0 Å². The Morgan fingerprint density at radius 2 is 2.10 bits per heavy atom. The third kappa shape index (κ3) is 2.43. The summed E-state index contributed by atoms with van der Waals surface area (Å²) < 4.78 is 6.91. The first-order valence-corrected chi connectivity index (χ1v) is 8.11. The minimum atomic E-state index is -0.321. The fourth-order valence-corrected chi connectivity index (χ4v) is 3.81. The van der Waals surface area contributed by atoms with E-state index in [2.05, 4.69) is 19.9 Å². The van der Waals surface area contributed by atoms with Crippen molar-refractivity contribution in [3.8, 4) is 0 Å². The van der Waals surface area contributed by atoms with Crippen molar-refractivity contribution in [1.82, 2.24) is 4.57 Å². The summed E-state index contributed by atoms with van der Waals surface area (Å²) in [6, 6.07) is 7.85. The van der Waals surface area contributed by atoms with Gasteiger partial charge in [-0.25, -0.2) is 4.79 Å². The van der Waals surface area contributed by atoms with Gasteiger partial charge in [0.25, 0.3) is 0 Å². The summed E-state index contributed by atoms with van der Waals surface area (Å²) in [5.74, 6) is -0.321. The zero-order valence-electron chi connectivity index (χ0n) is 12.1. The molecule has 0 aliphatic rings. The summed E-state index contributed by atoms with van der Waals surface area (Å²) in [6.45, 7) is 6.70. The van der Waals surface area contributed by atoms with Gasteiger partial charge in [-0.1, -0.05) is 6.07 Å². The molecule has 2 aromatic heterocycles. The van der Waals surface area contributed by atoms with Gasteiger partial charge >= 0.3 is 5.76 Å². The van der Waals surface area contributed by atoms with Crippen LogP contribution in [0.5, 0.6) is 0 Å². The Kier molecular flexibility index (Phi) is 3.68. The minimum Gasteiger partial charge on any atom is -0.408 e. The van der Waals surface area contributed by atoms with E-state index in [1.54, 1.807) is 15.9 Å². The van der Waals surface area contributed by atoms with E-state index in [0.29, 0.717) is 12.1 Å². The molecule has 0 saturated heterocycles. The number of aromatic nitrogens is 1. The Bertz CT molecular complexity index is 839. The minimum absolute atomic E-state index is 0.220. The van der Waals surface area contributed by atoms with Crippen molar-refractivity contribution in [2.75, 3.05) is 0 Å². The third-order valence-electron chi connectivity index (χ3n) is 3.74. The Hall–Kier alpha value is -1.52. The van der Waals surface area contributed by atoms with Crippen LogP contribution in [0.3, 0.4) is 0 Å². The van der Waals surface area contributed by atoms with Crippen molar-refractivity contribution in [3.63, 3.8) is 0 Å². The van der Waals surface area contributed by atoms with Gasteiger partial charge in [-0.15, -0.1) is 22.9 Å². The van der Waals surface area contributed by atoms with Gasteiger partial charge in [-0.2, -0.15) is 0 Å². The molecule has 1 unspecified atom stereocenters. The van der Waals surface area contributed by atoms with Crippen molar-refractivity contribution in [2.24, 2.45) is 0 Å². The van der Waals surface area contributed by atoms with Crippen LogP contribution in [0.4, 0.5) is 0 Å². The lowest BCUT2D eigenvalue weighted by atomic mass is 10.1. The SMILES string of the molecule is CCn1c(=O)oc2cc(C(Cl)c3cc(C)c(C)s3)ccc21. The number of halogens is 1. The van der Waals surface area contributed by atoms with Gasteiger partial charge in [0, 0.05) is 16.3 Å². The van der Waals surface area contributed by atoms with Gasteiger partial charge in [-0.05, 0) is 50.1 Å². The smallest absolute Gasteiger partial charge is 0.408 e. The highest BCUT2D eigenvalue weighted by Crippen LogP contribution is 2.36. The molecule has 3 rings (SSSR count). The molecular weight excluding hydrogens is 306 g/mol. The molecule has 3 nitrogen and oxygen atoms in total. The van der Waals surface area contributed by atoms with Crippen LogP contribution in [0, 0.1) is 13.8 Å². The number of alkyl halides is 1. The van der Waals surface area contributed by atoms with E-state index in [1.165, 1.54) is 10.4 Å². The van der Waals surface area contributed by atoms with E-state index in [0.717, 1.165) is 16.0 Å². The zero-order chi connectivity index (χ0) is 15.1. The number of aryl methyl sites for hydroxylation is 3. The summed E-state index contributed by atoms with van der Waals surface area (Å²) in [7, 11) is 0. The van der Waals surface area contributed by atoms with Crippen LogP contribution in [0.1, 0.15) is 33.2 Å². The first-order valence-electron chi connectivity index (χ1n) is 6.85. The first kappa shape index (κ1) is 14.4. The Morgan fingerprint density at radius 1 is 1.33 bits per heavy atom. The van der Waals surface area contributed by atoms with E-state index in [9.17, 15) is 4.79 Å². The lowest BCUT2D eigenvalue weighted by Crippen LogP contribution is -2.11. The van der Waals surface area contributed by atoms with E-state index < -0.39 is 0 Å². The summed E-state index contributed by atoms with van der Waals surface area (Å²) in [4.78, 5) is 14.1. The summed E-state index contributed by atoms with van der Waals surface area (Å²) >= 11 is 8.29. The van der Waals surface area contributed by atoms with E-state index in [1.807, 2.05) is 25.1 Å². The van der Waals surface area contributed by atoms with Gasteiger partial charge in [0.15, 0.2) is 5.58 Å². The molecule has 0 saturated carbocycles. The predicted octanol–water partition coefficient (Wildman–Crippen LogP) is 4.62. The van der Waals surface area contributed by atoms with Crippen molar-refractivity contribution in [1.29, 1.82) is 0 Å². The largest absolute Gasteiger partial charge is 0.419 e. The van der Waals surface area contributed by atoms with Crippen molar-refractivity contribution >= 4 is 34.0 Å².